The normalized spacial score (nSPS) is 19.7. The molecule has 0 saturated carbocycles. The zero-order valence-corrected chi connectivity index (χ0v) is 14.7. The molecule has 2 aromatic rings. The fourth-order valence-electron chi connectivity index (χ4n) is 2.79. The van der Waals surface area contributed by atoms with Gasteiger partial charge in [-0.1, -0.05) is 30.3 Å². The molecular formula is C16H22N4O3S. The van der Waals surface area contributed by atoms with Crippen molar-refractivity contribution in [3.63, 3.8) is 0 Å². The Morgan fingerprint density at radius 3 is 2.75 bits per heavy atom. The molecule has 1 fully saturated rings. The van der Waals surface area contributed by atoms with E-state index in [1.54, 1.807) is 17.9 Å². The molecule has 1 aromatic heterocycles. The van der Waals surface area contributed by atoms with E-state index >= 15 is 0 Å². The van der Waals surface area contributed by atoms with Crippen LogP contribution in [0.5, 0.6) is 0 Å². The van der Waals surface area contributed by atoms with E-state index in [-0.39, 0.29) is 6.10 Å². The maximum Gasteiger partial charge on any atom is 0.282 e. The number of hydrogen-bond donors (Lipinski definition) is 0. The average molecular weight is 350 g/mol. The summed E-state index contributed by atoms with van der Waals surface area (Å²) in [5, 5.41) is 4.08. The Hall–Kier alpha value is -1.74. The molecule has 1 aliphatic heterocycles. The first-order valence-corrected chi connectivity index (χ1v) is 9.22. The van der Waals surface area contributed by atoms with Crippen molar-refractivity contribution < 1.29 is 13.2 Å². The highest BCUT2D eigenvalue weighted by Crippen LogP contribution is 2.24. The van der Waals surface area contributed by atoms with Gasteiger partial charge in [-0.2, -0.15) is 22.1 Å². The van der Waals surface area contributed by atoms with Gasteiger partial charge < -0.3 is 4.74 Å². The Bertz CT molecular complexity index is 776. The minimum Gasteiger partial charge on any atom is -0.371 e. The number of nitrogens with zero attached hydrogens (tertiary/aromatic N) is 4. The van der Waals surface area contributed by atoms with Gasteiger partial charge in [-0.3, -0.25) is 4.68 Å². The van der Waals surface area contributed by atoms with Crippen LogP contribution in [0, 0.1) is 0 Å². The van der Waals surface area contributed by atoms with E-state index in [1.807, 2.05) is 43.6 Å². The lowest BCUT2D eigenvalue weighted by molar-refractivity contribution is -0.00414. The standard InChI is InChI=1S/C16H22N4O3S/c1-18-11-14(10-17-18)12-19(2)24(21,22)20-8-9-23-16(13-20)15-6-4-3-5-7-15/h3-7,10-11,16H,8-9,12-13H2,1-2H3. The van der Waals surface area contributed by atoms with Gasteiger partial charge in [0.05, 0.1) is 18.9 Å². The molecule has 1 atom stereocenters. The molecule has 1 aliphatic rings. The molecule has 7 nitrogen and oxygen atoms in total. The molecular weight excluding hydrogens is 328 g/mol. The van der Waals surface area contributed by atoms with Gasteiger partial charge in [0.2, 0.25) is 0 Å². The number of ether oxygens (including phenoxy) is 1. The Morgan fingerprint density at radius 2 is 2.08 bits per heavy atom. The molecule has 1 saturated heterocycles. The number of rotatable bonds is 5. The summed E-state index contributed by atoms with van der Waals surface area (Å²) in [4.78, 5) is 0. The summed E-state index contributed by atoms with van der Waals surface area (Å²) in [6, 6.07) is 9.71. The monoisotopic (exact) mass is 350 g/mol. The van der Waals surface area contributed by atoms with E-state index in [2.05, 4.69) is 5.10 Å². The van der Waals surface area contributed by atoms with E-state index in [9.17, 15) is 8.42 Å². The van der Waals surface area contributed by atoms with Crippen molar-refractivity contribution >= 4 is 10.2 Å². The predicted molar refractivity (Wildman–Crippen MR) is 90.3 cm³/mol. The van der Waals surface area contributed by atoms with Gasteiger partial charge in [-0.05, 0) is 5.56 Å². The molecule has 0 amide bonds. The van der Waals surface area contributed by atoms with Crippen LogP contribution >= 0.6 is 0 Å². The number of hydrogen-bond acceptors (Lipinski definition) is 4. The molecule has 0 spiro atoms. The van der Waals surface area contributed by atoms with Crippen molar-refractivity contribution in [2.75, 3.05) is 26.7 Å². The highest BCUT2D eigenvalue weighted by atomic mass is 32.2. The van der Waals surface area contributed by atoms with Crippen molar-refractivity contribution in [2.45, 2.75) is 12.6 Å². The summed E-state index contributed by atoms with van der Waals surface area (Å²) in [6.45, 7) is 1.37. The van der Waals surface area contributed by atoms with Crippen LogP contribution in [0.1, 0.15) is 17.2 Å². The van der Waals surface area contributed by atoms with Crippen molar-refractivity contribution in [3.8, 4) is 0 Å². The minimum absolute atomic E-state index is 0.235. The molecule has 1 unspecified atom stereocenters. The second kappa shape index (κ2) is 7.02. The summed E-state index contributed by atoms with van der Waals surface area (Å²) in [6.07, 6.45) is 3.26. The van der Waals surface area contributed by atoms with E-state index in [4.69, 9.17) is 4.74 Å². The summed E-state index contributed by atoms with van der Waals surface area (Å²) in [5.74, 6) is 0. The first kappa shape index (κ1) is 17.1. The number of morpholine rings is 1. The molecule has 0 N–H and O–H groups in total. The second-order valence-corrected chi connectivity index (χ2v) is 7.95. The third kappa shape index (κ3) is 3.67. The molecule has 2 heterocycles. The average Bonchev–Trinajstić information content (AvgIpc) is 3.00. The molecule has 3 rings (SSSR count). The largest absolute Gasteiger partial charge is 0.371 e. The third-order valence-corrected chi connectivity index (χ3v) is 5.99. The lowest BCUT2D eigenvalue weighted by atomic mass is 10.1. The summed E-state index contributed by atoms with van der Waals surface area (Å²) < 4.78 is 35.9. The van der Waals surface area contributed by atoms with Crippen LogP contribution in [0.25, 0.3) is 0 Å². The summed E-state index contributed by atoms with van der Waals surface area (Å²) >= 11 is 0. The van der Waals surface area contributed by atoms with Gasteiger partial charge in [0.25, 0.3) is 10.2 Å². The first-order valence-electron chi connectivity index (χ1n) is 7.82. The number of benzene rings is 1. The predicted octanol–water partition coefficient (Wildman–Crippen LogP) is 1.17. The first-order chi connectivity index (χ1) is 11.5. The van der Waals surface area contributed by atoms with E-state index in [1.165, 1.54) is 8.61 Å². The van der Waals surface area contributed by atoms with Gasteiger partial charge >= 0.3 is 0 Å². The second-order valence-electron chi connectivity index (χ2n) is 5.91. The molecule has 0 bridgehead atoms. The van der Waals surface area contributed by atoms with E-state index in [0.29, 0.717) is 26.2 Å². The quantitative estimate of drug-likeness (QED) is 0.812. The summed E-state index contributed by atoms with van der Waals surface area (Å²) in [5.41, 5.74) is 1.85. The molecule has 0 radical (unpaired) electrons. The van der Waals surface area contributed by atoms with Gasteiger partial charge in [0, 0.05) is 45.5 Å². The van der Waals surface area contributed by atoms with Gasteiger partial charge in [0.15, 0.2) is 0 Å². The number of aromatic nitrogens is 2. The molecule has 24 heavy (non-hydrogen) atoms. The highest BCUT2D eigenvalue weighted by Gasteiger charge is 2.33. The zero-order chi connectivity index (χ0) is 17.2. The molecule has 130 valence electrons. The van der Waals surface area contributed by atoms with Crippen molar-refractivity contribution in [2.24, 2.45) is 7.05 Å². The zero-order valence-electron chi connectivity index (χ0n) is 13.9. The van der Waals surface area contributed by atoms with Gasteiger partial charge in [-0.25, -0.2) is 0 Å². The fraction of sp³-hybridized carbons (Fsp3) is 0.438. The van der Waals surface area contributed by atoms with Crippen LogP contribution < -0.4 is 0 Å². The number of aryl methyl sites for hydroxylation is 1. The van der Waals surface area contributed by atoms with Crippen molar-refractivity contribution in [1.29, 1.82) is 0 Å². The molecule has 0 aliphatic carbocycles. The maximum atomic E-state index is 12.8. The third-order valence-electron chi connectivity index (χ3n) is 4.08. The van der Waals surface area contributed by atoms with Crippen molar-refractivity contribution in [3.05, 3.63) is 53.9 Å². The molecule has 8 heteroatoms. The van der Waals surface area contributed by atoms with Gasteiger partial charge in [0.1, 0.15) is 0 Å². The SMILES string of the molecule is CN(Cc1cnn(C)c1)S(=O)(=O)N1CCOC(c2ccccc2)C1. The highest BCUT2D eigenvalue weighted by molar-refractivity contribution is 7.86. The Morgan fingerprint density at radius 1 is 1.33 bits per heavy atom. The fourth-order valence-corrected chi connectivity index (χ4v) is 4.13. The van der Waals surface area contributed by atoms with Crippen LogP contribution in [-0.4, -0.2) is 53.6 Å². The van der Waals surface area contributed by atoms with Crippen LogP contribution in [0.3, 0.4) is 0 Å². The van der Waals surface area contributed by atoms with E-state index < -0.39 is 10.2 Å². The van der Waals surface area contributed by atoms with Crippen LogP contribution in [-0.2, 0) is 28.5 Å². The van der Waals surface area contributed by atoms with Crippen LogP contribution in [0.4, 0.5) is 0 Å². The lowest BCUT2D eigenvalue weighted by Gasteiger charge is -2.34. The Kier molecular flexibility index (Phi) is 5.00. The van der Waals surface area contributed by atoms with E-state index in [0.717, 1.165) is 11.1 Å². The summed E-state index contributed by atoms with van der Waals surface area (Å²) in [7, 11) is -0.140. The van der Waals surface area contributed by atoms with Crippen LogP contribution in [0.15, 0.2) is 42.7 Å². The van der Waals surface area contributed by atoms with Crippen LogP contribution in [0.2, 0.25) is 0 Å². The van der Waals surface area contributed by atoms with Gasteiger partial charge in [-0.15, -0.1) is 0 Å². The topological polar surface area (TPSA) is 67.7 Å². The Labute approximate surface area is 142 Å². The molecule has 1 aromatic carbocycles. The smallest absolute Gasteiger partial charge is 0.282 e. The maximum absolute atomic E-state index is 12.8. The Balaban J connectivity index is 1.71. The minimum atomic E-state index is -3.54. The lowest BCUT2D eigenvalue weighted by Crippen LogP contribution is -2.47. The van der Waals surface area contributed by atoms with Crippen molar-refractivity contribution in [1.82, 2.24) is 18.4 Å².